The Morgan fingerprint density at radius 2 is 1.41 bits per heavy atom. The SMILES string of the molecule is CCN(CC)CC[N+]1(Cc2ccc(O)cc2)C(=O)C(Cc2ccc(O)cc2)=Nc2ccccc21. The molecule has 34 heavy (non-hydrogen) atoms. The van der Waals surface area contributed by atoms with Crippen molar-refractivity contribution in [3.63, 3.8) is 0 Å². The zero-order valence-corrected chi connectivity index (χ0v) is 19.8. The van der Waals surface area contributed by atoms with Crippen LogP contribution >= 0.6 is 0 Å². The number of phenolic OH excluding ortho intramolecular Hbond substituents is 2. The Morgan fingerprint density at radius 3 is 2.03 bits per heavy atom. The van der Waals surface area contributed by atoms with Crippen molar-refractivity contribution in [3.8, 4) is 11.5 Å². The quantitative estimate of drug-likeness (QED) is 0.452. The summed E-state index contributed by atoms with van der Waals surface area (Å²) in [6, 6.07) is 21.9. The summed E-state index contributed by atoms with van der Waals surface area (Å²) in [7, 11) is 0. The van der Waals surface area contributed by atoms with E-state index >= 15 is 0 Å². The lowest BCUT2D eigenvalue weighted by atomic mass is 10.0. The maximum absolute atomic E-state index is 14.3. The second-order valence-corrected chi connectivity index (χ2v) is 8.74. The third-order valence-corrected chi connectivity index (χ3v) is 6.62. The van der Waals surface area contributed by atoms with Gasteiger partial charge in [-0.25, -0.2) is 14.3 Å². The first kappa shape index (κ1) is 23.7. The molecule has 4 rings (SSSR count). The van der Waals surface area contributed by atoms with Crippen LogP contribution < -0.4 is 4.48 Å². The van der Waals surface area contributed by atoms with Crippen molar-refractivity contribution in [3.05, 3.63) is 83.9 Å². The minimum Gasteiger partial charge on any atom is -0.508 e. The number of fused-ring (bicyclic) bond motifs is 1. The molecule has 2 N–H and O–H groups in total. The zero-order chi connectivity index (χ0) is 24.1. The van der Waals surface area contributed by atoms with Crippen LogP contribution in [0.15, 0.2) is 77.8 Å². The van der Waals surface area contributed by atoms with Gasteiger partial charge >= 0.3 is 5.91 Å². The van der Waals surface area contributed by atoms with Crippen molar-refractivity contribution in [2.75, 3.05) is 26.2 Å². The van der Waals surface area contributed by atoms with Gasteiger partial charge in [-0.3, -0.25) is 4.90 Å². The van der Waals surface area contributed by atoms with E-state index in [1.807, 2.05) is 48.5 Å². The number of benzene rings is 3. The molecule has 0 saturated heterocycles. The molecule has 3 aromatic carbocycles. The summed E-state index contributed by atoms with van der Waals surface area (Å²) in [5, 5.41) is 19.4. The van der Waals surface area contributed by atoms with E-state index in [0.29, 0.717) is 25.2 Å². The average molecular weight is 459 g/mol. The maximum Gasteiger partial charge on any atom is 0.365 e. The summed E-state index contributed by atoms with van der Waals surface area (Å²) < 4.78 is 0.147. The summed E-state index contributed by atoms with van der Waals surface area (Å²) in [4.78, 5) is 21.4. The molecule has 0 fully saturated rings. The molecule has 0 spiro atoms. The van der Waals surface area contributed by atoms with E-state index in [2.05, 4.69) is 18.7 Å². The predicted octanol–water partition coefficient (Wildman–Crippen LogP) is 4.80. The van der Waals surface area contributed by atoms with Gasteiger partial charge in [-0.2, -0.15) is 0 Å². The van der Waals surface area contributed by atoms with E-state index in [-0.39, 0.29) is 21.9 Å². The Morgan fingerprint density at radius 1 is 0.824 bits per heavy atom. The Balaban J connectivity index is 1.79. The van der Waals surface area contributed by atoms with Crippen LogP contribution in [0.25, 0.3) is 0 Å². The van der Waals surface area contributed by atoms with Crippen LogP contribution in [0.4, 0.5) is 11.4 Å². The van der Waals surface area contributed by atoms with Crippen LogP contribution in [0.3, 0.4) is 0 Å². The first-order valence-corrected chi connectivity index (χ1v) is 11.8. The lowest BCUT2D eigenvalue weighted by Crippen LogP contribution is -2.60. The van der Waals surface area contributed by atoms with E-state index in [1.54, 1.807) is 24.3 Å². The minimum atomic E-state index is -0.00740. The van der Waals surface area contributed by atoms with E-state index in [9.17, 15) is 15.0 Å². The average Bonchev–Trinajstić information content (AvgIpc) is 2.85. The second kappa shape index (κ2) is 10.2. The molecule has 1 unspecified atom stereocenters. The molecule has 1 heterocycles. The van der Waals surface area contributed by atoms with Gasteiger partial charge < -0.3 is 10.2 Å². The van der Waals surface area contributed by atoms with E-state index in [4.69, 9.17) is 4.99 Å². The van der Waals surface area contributed by atoms with Crippen LogP contribution in [0.2, 0.25) is 0 Å². The number of phenols is 2. The van der Waals surface area contributed by atoms with Crippen LogP contribution in [0.5, 0.6) is 11.5 Å². The van der Waals surface area contributed by atoms with Crippen molar-refractivity contribution in [1.29, 1.82) is 0 Å². The standard InChI is InChI=1S/C28H31N3O3/c1-3-30(4-2)17-18-31(20-22-11-15-24(33)16-12-22)27-8-6-5-7-25(27)29-26(28(31)34)19-21-9-13-23(32)14-10-21/h5-16H,3-4,17-20H2,1-2H3,(H-,32,33)/p+1. The maximum atomic E-state index is 14.3. The van der Waals surface area contributed by atoms with Crippen molar-refractivity contribution < 1.29 is 15.0 Å². The summed E-state index contributed by atoms with van der Waals surface area (Å²) >= 11 is 0. The van der Waals surface area contributed by atoms with Crippen LogP contribution in [0, 0.1) is 0 Å². The van der Waals surface area contributed by atoms with Gasteiger partial charge in [0.25, 0.3) is 0 Å². The molecule has 176 valence electrons. The van der Waals surface area contributed by atoms with Gasteiger partial charge in [0.2, 0.25) is 0 Å². The number of nitrogens with zero attached hydrogens (tertiary/aromatic N) is 3. The minimum absolute atomic E-state index is 0.00740. The molecule has 1 amide bonds. The number of hydrogen-bond donors (Lipinski definition) is 2. The molecular weight excluding hydrogens is 426 g/mol. The van der Waals surface area contributed by atoms with Gasteiger partial charge in [0.1, 0.15) is 30.3 Å². The summed E-state index contributed by atoms with van der Waals surface area (Å²) in [6.45, 7) is 7.98. The zero-order valence-electron chi connectivity index (χ0n) is 19.8. The molecule has 6 heteroatoms. The highest BCUT2D eigenvalue weighted by molar-refractivity contribution is 6.44. The molecule has 0 radical (unpaired) electrons. The molecule has 0 aliphatic carbocycles. The number of carbonyl (C=O) groups is 1. The fraction of sp³-hybridized carbons (Fsp3) is 0.286. The normalized spacial score (nSPS) is 17.5. The van der Waals surface area contributed by atoms with Crippen LogP contribution in [-0.4, -0.2) is 52.9 Å². The molecule has 0 aromatic heterocycles. The van der Waals surface area contributed by atoms with Crippen molar-refractivity contribution >= 4 is 23.0 Å². The van der Waals surface area contributed by atoms with Gasteiger partial charge in [-0.15, -0.1) is 0 Å². The summed E-state index contributed by atoms with van der Waals surface area (Å²) in [6.07, 6.45) is 0.397. The highest BCUT2D eigenvalue weighted by Gasteiger charge is 2.46. The third-order valence-electron chi connectivity index (χ3n) is 6.62. The highest BCUT2D eigenvalue weighted by atomic mass is 16.3. The first-order valence-electron chi connectivity index (χ1n) is 11.8. The molecule has 1 atom stereocenters. The molecule has 1 aliphatic rings. The Bertz CT molecular complexity index is 1170. The number of para-hydroxylation sites is 2. The van der Waals surface area contributed by atoms with Crippen molar-refractivity contribution in [1.82, 2.24) is 9.38 Å². The number of aromatic hydroxyl groups is 2. The molecule has 6 nitrogen and oxygen atoms in total. The van der Waals surface area contributed by atoms with E-state index < -0.39 is 0 Å². The number of hydrogen-bond acceptors (Lipinski definition) is 5. The van der Waals surface area contributed by atoms with Crippen LogP contribution in [-0.2, 0) is 17.8 Å². The molecule has 0 saturated carbocycles. The first-order chi connectivity index (χ1) is 16.4. The number of aliphatic imine (C=N–C) groups is 1. The fourth-order valence-corrected chi connectivity index (χ4v) is 4.62. The summed E-state index contributed by atoms with van der Waals surface area (Å²) in [5.74, 6) is 0.396. The molecule has 0 bridgehead atoms. The summed E-state index contributed by atoms with van der Waals surface area (Å²) in [5.41, 5.74) is 4.14. The number of likely N-dealkylation sites (N-methyl/N-ethyl adjacent to an activating group) is 1. The van der Waals surface area contributed by atoms with Gasteiger partial charge in [-0.1, -0.05) is 38.1 Å². The number of rotatable bonds is 9. The van der Waals surface area contributed by atoms with E-state index in [1.165, 1.54) is 0 Å². The van der Waals surface area contributed by atoms with Crippen LogP contribution in [0.1, 0.15) is 25.0 Å². The second-order valence-electron chi connectivity index (χ2n) is 8.74. The smallest absolute Gasteiger partial charge is 0.365 e. The third kappa shape index (κ3) is 4.88. The van der Waals surface area contributed by atoms with Gasteiger partial charge in [0, 0.05) is 24.6 Å². The monoisotopic (exact) mass is 458 g/mol. The Kier molecular flexibility index (Phi) is 7.10. The largest absolute Gasteiger partial charge is 0.508 e. The lowest BCUT2D eigenvalue weighted by Gasteiger charge is -2.39. The van der Waals surface area contributed by atoms with Gasteiger partial charge in [0.05, 0.1) is 0 Å². The molecule has 3 aromatic rings. The molecular formula is C28H32N3O3+. The molecule has 1 aliphatic heterocycles. The van der Waals surface area contributed by atoms with E-state index in [0.717, 1.165) is 42.1 Å². The number of amides is 1. The number of quaternary nitrogens is 1. The highest BCUT2D eigenvalue weighted by Crippen LogP contribution is 2.40. The predicted molar refractivity (Wildman–Crippen MR) is 137 cm³/mol. The Hall–Kier alpha value is -3.48. The lowest BCUT2D eigenvalue weighted by molar-refractivity contribution is -0.124. The van der Waals surface area contributed by atoms with Crippen molar-refractivity contribution in [2.24, 2.45) is 4.99 Å². The topological polar surface area (TPSA) is 73.1 Å². The van der Waals surface area contributed by atoms with Crippen molar-refractivity contribution in [2.45, 2.75) is 26.8 Å². The number of carbonyl (C=O) groups excluding carboxylic acids is 1. The Labute approximate surface area is 201 Å². The van der Waals surface area contributed by atoms with Gasteiger partial charge in [-0.05, 0) is 61.1 Å². The van der Waals surface area contributed by atoms with Gasteiger partial charge in [0.15, 0.2) is 11.4 Å². The fourth-order valence-electron chi connectivity index (χ4n) is 4.62.